The van der Waals surface area contributed by atoms with Crippen LogP contribution in [0.15, 0.2) is 48.9 Å². The molecule has 1 aliphatic rings. The van der Waals surface area contributed by atoms with Gasteiger partial charge in [-0.05, 0) is 19.0 Å². The van der Waals surface area contributed by atoms with Crippen LogP contribution in [0.5, 0.6) is 0 Å². The van der Waals surface area contributed by atoms with Crippen LogP contribution < -0.4 is 5.32 Å². The van der Waals surface area contributed by atoms with Crippen LogP contribution in [0.1, 0.15) is 23.6 Å². The van der Waals surface area contributed by atoms with Gasteiger partial charge in [0.2, 0.25) is 5.91 Å². The van der Waals surface area contributed by atoms with Crippen LogP contribution in [-0.4, -0.2) is 47.0 Å². The average Bonchev–Trinajstić information content (AvgIpc) is 2.95. The lowest BCUT2D eigenvalue weighted by atomic mass is 9.94. The molecule has 3 rings (SSSR count). The van der Waals surface area contributed by atoms with E-state index in [1.54, 1.807) is 18.6 Å². The van der Waals surface area contributed by atoms with E-state index in [0.717, 1.165) is 18.8 Å². The van der Waals surface area contributed by atoms with Crippen LogP contribution in [0.2, 0.25) is 0 Å². The zero-order valence-electron chi connectivity index (χ0n) is 13.4. The molecule has 1 saturated heterocycles. The number of aromatic nitrogens is 2. The molecule has 0 spiro atoms. The normalized spacial score (nSPS) is 21.3. The highest BCUT2D eigenvalue weighted by molar-refractivity contribution is 5.76. The molecule has 120 valence electrons. The van der Waals surface area contributed by atoms with Crippen molar-refractivity contribution in [2.45, 2.75) is 24.8 Å². The topological polar surface area (TPSA) is 58.1 Å². The summed E-state index contributed by atoms with van der Waals surface area (Å²) in [6.07, 6.45) is 6.08. The Kier molecular flexibility index (Phi) is 4.98. The second-order valence-electron chi connectivity index (χ2n) is 6.11. The Balaban J connectivity index is 1.58. The van der Waals surface area contributed by atoms with Gasteiger partial charge >= 0.3 is 0 Å². The molecule has 0 unspecified atom stereocenters. The third-order valence-electron chi connectivity index (χ3n) is 4.30. The van der Waals surface area contributed by atoms with Crippen molar-refractivity contribution in [3.05, 3.63) is 60.2 Å². The summed E-state index contributed by atoms with van der Waals surface area (Å²) in [5.74, 6) is 0.429. The highest BCUT2D eigenvalue weighted by Crippen LogP contribution is 2.26. The second-order valence-corrected chi connectivity index (χ2v) is 6.11. The maximum absolute atomic E-state index is 12.3. The summed E-state index contributed by atoms with van der Waals surface area (Å²) in [6, 6.07) is 10.6. The number of nitrogens with one attached hydrogen (secondary N) is 1. The molecule has 0 radical (unpaired) electrons. The number of benzene rings is 1. The largest absolute Gasteiger partial charge is 0.351 e. The van der Waals surface area contributed by atoms with Crippen molar-refractivity contribution < 1.29 is 4.79 Å². The minimum atomic E-state index is 0.0804. The third-order valence-corrected chi connectivity index (χ3v) is 4.30. The quantitative estimate of drug-likeness (QED) is 0.912. The molecule has 1 aromatic heterocycles. The number of hydrogen-bond donors (Lipinski definition) is 1. The molecule has 1 aromatic carbocycles. The second kappa shape index (κ2) is 7.33. The zero-order valence-corrected chi connectivity index (χ0v) is 13.4. The highest BCUT2D eigenvalue weighted by atomic mass is 16.1. The van der Waals surface area contributed by atoms with E-state index in [-0.39, 0.29) is 11.9 Å². The van der Waals surface area contributed by atoms with Crippen molar-refractivity contribution in [1.82, 2.24) is 20.2 Å². The van der Waals surface area contributed by atoms with Gasteiger partial charge in [0, 0.05) is 50.1 Å². The van der Waals surface area contributed by atoms with Gasteiger partial charge in [-0.3, -0.25) is 14.8 Å². The van der Waals surface area contributed by atoms with Crippen molar-refractivity contribution in [2.75, 3.05) is 20.1 Å². The fourth-order valence-corrected chi connectivity index (χ4v) is 3.16. The number of carbonyl (C=O) groups is 1. The van der Waals surface area contributed by atoms with Crippen LogP contribution in [-0.2, 0) is 11.2 Å². The van der Waals surface area contributed by atoms with E-state index in [2.05, 4.69) is 51.5 Å². The molecule has 2 heterocycles. The van der Waals surface area contributed by atoms with Crippen LogP contribution in [0, 0.1) is 0 Å². The Labute approximate surface area is 136 Å². The number of aryl methyl sites for hydroxylation is 1. The first-order chi connectivity index (χ1) is 11.2. The van der Waals surface area contributed by atoms with Gasteiger partial charge in [0.15, 0.2) is 0 Å². The summed E-state index contributed by atoms with van der Waals surface area (Å²) in [7, 11) is 2.10. The van der Waals surface area contributed by atoms with Gasteiger partial charge in [-0.1, -0.05) is 30.3 Å². The molecule has 1 fully saturated rings. The summed E-state index contributed by atoms with van der Waals surface area (Å²) in [5, 5.41) is 3.20. The van der Waals surface area contributed by atoms with Crippen molar-refractivity contribution in [2.24, 2.45) is 0 Å². The SMILES string of the molecule is CN1C[C@H](c2ccccc2)[C@H](NC(=O)CCc2cnccn2)C1. The predicted octanol–water partition coefficient (Wildman–Crippen LogP) is 1.62. The minimum absolute atomic E-state index is 0.0804. The fraction of sp³-hybridized carbons (Fsp3) is 0.389. The summed E-state index contributed by atoms with van der Waals surface area (Å²) in [6.45, 7) is 1.86. The van der Waals surface area contributed by atoms with E-state index in [1.807, 2.05) is 6.07 Å². The standard InChI is InChI=1S/C18H22N4O/c1-22-12-16(14-5-3-2-4-6-14)17(13-22)21-18(23)8-7-15-11-19-9-10-20-15/h2-6,9-11,16-17H,7-8,12-13H2,1H3,(H,21,23)/t16-,17-/m1/s1. The maximum atomic E-state index is 12.3. The van der Waals surface area contributed by atoms with Gasteiger partial charge in [0.05, 0.1) is 5.69 Å². The first-order valence-corrected chi connectivity index (χ1v) is 8.00. The first kappa shape index (κ1) is 15.6. The molecular weight excluding hydrogens is 288 g/mol. The van der Waals surface area contributed by atoms with Crippen LogP contribution >= 0.6 is 0 Å². The number of carbonyl (C=O) groups excluding carboxylic acids is 1. The van der Waals surface area contributed by atoms with E-state index in [9.17, 15) is 4.79 Å². The van der Waals surface area contributed by atoms with Gasteiger partial charge < -0.3 is 10.2 Å². The van der Waals surface area contributed by atoms with Gasteiger partial charge in [0.25, 0.3) is 0 Å². The Bertz CT molecular complexity index is 632. The van der Waals surface area contributed by atoms with Crippen LogP contribution in [0.3, 0.4) is 0 Å². The lowest BCUT2D eigenvalue weighted by Crippen LogP contribution is -2.39. The Hall–Kier alpha value is -2.27. The molecule has 23 heavy (non-hydrogen) atoms. The van der Waals surface area contributed by atoms with Crippen LogP contribution in [0.4, 0.5) is 0 Å². The average molecular weight is 310 g/mol. The third kappa shape index (κ3) is 4.13. The number of amides is 1. The molecular formula is C18H22N4O. The summed E-state index contributed by atoms with van der Waals surface area (Å²) in [4.78, 5) is 22.8. The van der Waals surface area contributed by atoms with Gasteiger partial charge in [-0.2, -0.15) is 0 Å². The Morgan fingerprint density at radius 2 is 2.09 bits per heavy atom. The summed E-state index contributed by atoms with van der Waals surface area (Å²) in [5.41, 5.74) is 2.14. The van der Waals surface area contributed by atoms with Gasteiger partial charge in [-0.15, -0.1) is 0 Å². The van der Waals surface area contributed by atoms with Crippen molar-refractivity contribution in [1.29, 1.82) is 0 Å². The molecule has 5 heteroatoms. The van der Waals surface area contributed by atoms with Crippen molar-refractivity contribution >= 4 is 5.91 Å². The smallest absolute Gasteiger partial charge is 0.220 e. The molecule has 2 aromatic rings. The number of rotatable bonds is 5. The lowest BCUT2D eigenvalue weighted by Gasteiger charge is -2.20. The molecule has 0 aliphatic carbocycles. The lowest BCUT2D eigenvalue weighted by molar-refractivity contribution is -0.121. The van der Waals surface area contributed by atoms with Crippen LogP contribution in [0.25, 0.3) is 0 Å². The van der Waals surface area contributed by atoms with Crippen molar-refractivity contribution in [3.63, 3.8) is 0 Å². The van der Waals surface area contributed by atoms with Gasteiger partial charge in [0.1, 0.15) is 0 Å². The number of likely N-dealkylation sites (tertiary alicyclic amines) is 1. The molecule has 1 aliphatic heterocycles. The van der Waals surface area contributed by atoms with Crippen molar-refractivity contribution in [3.8, 4) is 0 Å². The number of nitrogens with zero attached hydrogens (tertiary/aromatic N) is 3. The maximum Gasteiger partial charge on any atom is 0.220 e. The Morgan fingerprint density at radius 3 is 2.83 bits per heavy atom. The molecule has 0 bridgehead atoms. The predicted molar refractivity (Wildman–Crippen MR) is 89.0 cm³/mol. The van der Waals surface area contributed by atoms with E-state index >= 15 is 0 Å². The van der Waals surface area contributed by atoms with E-state index < -0.39 is 0 Å². The number of likely N-dealkylation sites (N-methyl/N-ethyl adjacent to an activating group) is 1. The fourth-order valence-electron chi connectivity index (χ4n) is 3.16. The molecule has 1 amide bonds. The molecule has 0 saturated carbocycles. The summed E-state index contributed by atoms with van der Waals surface area (Å²) < 4.78 is 0. The molecule has 1 N–H and O–H groups in total. The zero-order chi connectivity index (χ0) is 16.1. The number of hydrogen-bond acceptors (Lipinski definition) is 4. The van der Waals surface area contributed by atoms with E-state index in [0.29, 0.717) is 18.8 Å². The van der Waals surface area contributed by atoms with E-state index in [1.165, 1.54) is 5.56 Å². The molecule has 2 atom stereocenters. The minimum Gasteiger partial charge on any atom is -0.351 e. The monoisotopic (exact) mass is 310 g/mol. The molecule has 5 nitrogen and oxygen atoms in total. The van der Waals surface area contributed by atoms with Gasteiger partial charge in [-0.25, -0.2) is 0 Å². The first-order valence-electron chi connectivity index (χ1n) is 8.00. The van der Waals surface area contributed by atoms with E-state index in [4.69, 9.17) is 0 Å². The summed E-state index contributed by atoms with van der Waals surface area (Å²) >= 11 is 0. The highest BCUT2D eigenvalue weighted by Gasteiger charge is 2.32. The Morgan fingerprint density at radius 1 is 1.26 bits per heavy atom.